The molecule has 7 nitrogen and oxygen atoms in total. The van der Waals surface area contributed by atoms with Gasteiger partial charge in [-0.2, -0.15) is 0 Å². The molecule has 0 unspecified atom stereocenters. The number of pyridine rings is 1. The second-order valence-corrected chi connectivity index (χ2v) is 7.02. The first-order chi connectivity index (χ1) is 15.0. The van der Waals surface area contributed by atoms with Crippen molar-refractivity contribution in [2.24, 2.45) is 0 Å². The molecule has 0 bridgehead atoms. The van der Waals surface area contributed by atoms with Gasteiger partial charge in [0.2, 0.25) is 0 Å². The van der Waals surface area contributed by atoms with Crippen LogP contribution in [0, 0.1) is 11.6 Å². The largest absolute Gasteiger partial charge is 0.478 e. The summed E-state index contributed by atoms with van der Waals surface area (Å²) in [6.45, 7) is 0.861. The smallest absolute Gasteiger partial charge is 0.339 e. The van der Waals surface area contributed by atoms with E-state index in [1.54, 1.807) is 16.8 Å². The zero-order valence-corrected chi connectivity index (χ0v) is 16.4. The summed E-state index contributed by atoms with van der Waals surface area (Å²) in [4.78, 5) is 24.6. The van der Waals surface area contributed by atoms with Gasteiger partial charge in [0.05, 0.1) is 6.04 Å². The van der Waals surface area contributed by atoms with Crippen molar-refractivity contribution in [1.82, 2.24) is 19.4 Å². The number of hydrogen-bond acceptors (Lipinski definition) is 5. The number of carboxylic acid groups (broad SMARTS) is 1. The summed E-state index contributed by atoms with van der Waals surface area (Å²) in [5.74, 6) is -1.17. The Bertz CT molecular complexity index is 1180. The summed E-state index contributed by atoms with van der Waals surface area (Å²) >= 11 is 0. The second kappa shape index (κ2) is 8.86. The molecule has 1 aromatic carbocycles. The molecule has 1 saturated heterocycles. The Kier molecular flexibility index (Phi) is 5.83. The van der Waals surface area contributed by atoms with Crippen LogP contribution in [0.4, 0.5) is 14.6 Å². The Morgan fingerprint density at radius 1 is 1.10 bits per heavy atom. The standard InChI is InChI=1S/C15H14F2N2.C7H5N3O2/c16-12-8-11(9-13(17)10-12)14-4-3-7-19(14)15-5-1-2-6-18-15;11-7(12)5-1-2-10-4-8-3-9-6(5)10/h1-2,5-6,8-10,14H,3-4,7H2;1-4H,(H,11,12)/t14-;/m1./s1. The quantitative estimate of drug-likeness (QED) is 0.534. The molecule has 9 heteroatoms. The Morgan fingerprint density at radius 3 is 2.61 bits per heavy atom. The molecule has 4 heterocycles. The molecule has 0 amide bonds. The van der Waals surface area contributed by atoms with Crippen LogP contribution < -0.4 is 4.90 Å². The first kappa shape index (κ1) is 20.4. The predicted molar refractivity (Wildman–Crippen MR) is 110 cm³/mol. The van der Waals surface area contributed by atoms with Crippen LogP contribution in [-0.4, -0.2) is 37.0 Å². The summed E-state index contributed by atoms with van der Waals surface area (Å²) in [7, 11) is 0. The van der Waals surface area contributed by atoms with Gasteiger partial charge in [0.15, 0.2) is 5.65 Å². The number of carbonyl (C=O) groups is 1. The van der Waals surface area contributed by atoms with Crippen molar-refractivity contribution in [2.45, 2.75) is 18.9 Å². The van der Waals surface area contributed by atoms with E-state index >= 15 is 0 Å². The van der Waals surface area contributed by atoms with E-state index in [1.807, 2.05) is 18.2 Å². The molecule has 0 saturated carbocycles. The number of fused-ring (bicyclic) bond motifs is 1. The van der Waals surface area contributed by atoms with Crippen LogP contribution in [0.15, 0.2) is 67.5 Å². The molecule has 0 aliphatic carbocycles. The van der Waals surface area contributed by atoms with Crippen LogP contribution in [0.1, 0.15) is 34.8 Å². The minimum Gasteiger partial charge on any atom is -0.478 e. The van der Waals surface area contributed by atoms with Crippen molar-refractivity contribution in [2.75, 3.05) is 11.4 Å². The number of aromatic carboxylic acids is 1. The fourth-order valence-electron chi connectivity index (χ4n) is 3.70. The third-order valence-corrected chi connectivity index (χ3v) is 5.02. The molecule has 1 aliphatic rings. The highest BCUT2D eigenvalue weighted by Crippen LogP contribution is 2.35. The van der Waals surface area contributed by atoms with Gasteiger partial charge in [-0.1, -0.05) is 6.07 Å². The predicted octanol–water partition coefficient (Wildman–Crippen LogP) is 4.13. The molecule has 4 aromatic rings. The first-order valence-electron chi connectivity index (χ1n) is 9.66. The molecule has 1 N–H and O–H groups in total. The lowest BCUT2D eigenvalue weighted by molar-refractivity contribution is 0.0699. The number of carboxylic acids is 1. The summed E-state index contributed by atoms with van der Waals surface area (Å²) in [6, 6.07) is 10.9. The molecule has 1 aliphatic heterocycles. The molecule has 0 radical (unpaired) electrons. The van der Waals surface area contributed by atoms with E-state index in [-0.39, 0.29) is 11.6 Å². The maximum Gasteiger partial charge on any atom is 0.339 e. The lowest BCUT2D eigenvalue weighted by atomic mass is 10.0. The molecule has 1 atom stereocenters. The van der Waals surface area contributed by atoms with E-state index in [1.165, 1.54) is 30.9 Å². The van der Waals surface area contributed by atoms with Crippen molar-refractivity contribution >= 4 is 17.4 Å². The average molecular weight is 423 g/mol. The van der Waals surface area contributed by atoms with E-state index in [0.717, 1.165) is 31.3 Å². The Morgan fingerprint density at radius 2 is 1.90 bits per heavy atom. The Labute approximate surface area is 176 Å². The van der Waals surface area contributed by atoms with Gasteiger partial charge in [0.1, 0.15) is 35.7 Å². The van der Waals surface area contributed by atoms with E-state index in [0.29, 0.717) is 11.2 Å². The number of halogens is 2. The van der Waals surface area contributed by atoms with Gasteiger partial charge in [-0.3, -0.25) is 4.40 Å². The number of anilines is 1. The highest BCUT2D eigenvalue weighted by Gasteiger charge is 2.27. The molecule has 5 rings (SSSR count). The van der Waals surface area contributed by atoms with Crippen molar-refractivity contribution in [3.8, 4) is 0 Å². The maximum atomic E-state index is 13.3. The fraction of sp³-hybridized carbons (Fsp3) is 0.182. The molecule has 0 spiro atoms. The second-order valence-electron chi connectivity index (χ2n) is 7.02. The zero-order valence-electron chi connectivity index (χ0n) is 16.4. The number of hydrogen-bond donors (Lipinski definition) is 1. The van der Waals surface area contributed by atoms with Gasteiger partial charge in [0.25, 0.3) is 0 Å². The molecular formula is C22H19F2N5O2. The third kappa shape index (κ3) is 4.50. The third-order valence-electron chi connectivity index (χ3n) is 5.02. The van der Waals surface area contributed by atoms with Gasteiger partial charge in [-0.05, 0) is 48.7 Å². The number of rotatable bonds is 3. The fourth-order valence-corrected chi connectivity index (χ4v) is 3.70. The molecule has 31 heavy (non-hydrogen) atoms. The molecule has 1 fully saturated rings. The molecular weight excluding hydrogens is 404 g/mol. The number of aromatic nitrogens is 4. The van der Waals surface area contributed by atoms with E-state index in [2.05, 4.69) is 19.9 Å². The normalized spacial score (nSPS) is 15.5. The van der Waals surface area contributed by atoms with Gasteiger partial charge >= 0.3 is 5.97 Å². The van der Waals surface area contributed by atoms with Gasteiger partial charge in [0, 0.05) is 25.0 Å². The SMILES string of the molecule is Fc1cc(F)cc([C@H]2CCCN2c2ccccn2)c1.O=C(O)c1ccn2cncnc12. The minimum atomic E-state index is -0.976. The molecule has 158 valence electrons. The van der Waals surface area contributed by atoms with Crippen LogP contribution in [0.3, 0.4) is 0 Å². The van der Waals surface area contributed by atoms with E-state index in [4.69, 9.17) is 5.11 Å². The summed E-state index contributed by atoms with van der Waals surface area (Å²) in [5.41, 5.74) is 1.29. The molecule has 3 aromatic heterocycles. The van der Waals surface area contributed by atoms with Gasteiger partial charge < -0.3 is 10.0 Å². The van der Waals surface area contributed by atoms with Crippen LogP contribution >= 0.6 is 0 Å². The Balaban J connectivity index is 0.000000166. The monoisotopic (exact) mass is 423 g/mol. The van der Waals surface area contributed by atoms with Crippen molar-refractivity contribution in [3.05, 3.63) is 90.3 Å². The number of nitrogens with zero attached hydrogens (tertiary/aromatic N) is 5. The zero-order chi connectivity index (χ0) is 21.8. The van der Waals surface area contributed by atoms with E-state index < -0.39 is 17.6 Å². The highest BCUT2D eigenvalue weighted by atomic mass is 19.1. The van der Waals surface area contributed by atoms with Crippen LogP contribution in [0.2, 0.25) is 0 Å². The van der Waals surface area contributed by atoms with Crippen LogP contribution in [-0.2, 0) is 0 Å². The summed E-state index contributed by atoms with van der Waals surface area (Å²) < 4.78 is 28.2. The van der Waals surface area contributed by atoms with Crippen molar-refractivity contribution < 1.29 is 18.7 Å². The Hall–Kier alpha value is -3.88. The van der Waals surface area contributed by atoms with Gasteiger partial charge in [-0.25, -0.2) is 28.5 Å². The minimum absolute atomic E-state index is 0.0000926. The summed E-state index contributed by atoms with van der Waals surface area (Å²) in [5, 5.41) is 8.70. The topological polar surface area (TPSA) is 83.6 Å². The van der Waals surface area contributed by atoms with Gasteiger partial charge in [-0.15, -0.1) is 0 Å². The number of benzene rings is 1. The van der Waals surface area contributed by atoms with Crippen LogP contribution in [0.5, 0.6) is 0 Å². The van der Waals surface area contributed by atoms with E-state index in [9.17, 15) is 13.6 Å². The average Bonchev–Trinajstić information content (AvgIpc) is 3.42. The lowest BCUT2D eigenvalue weighted by Gasteiger charge is -2.26. The first-order valence-corrected chi connectivity index (χ1v) is 9.66. The maximum absolute atomic E-state index is 13.3. The lowest BCUT2D eigenvalue weighted by Crippen LogP contribution is -2.23. The van der Waals surface area contributed by atoms with Crippen molar-refractivity contribution in [1.29, 1.82) is 0 Å². The summed E-state index contributed by atoms with van der Waals surface area (Å²) in [6.07, 6.45) is 8.06. The highest BCUT2D eigenvalue weighted by molar-refractivity contribution is 5.94. The van der Waals surface area contributed by atoms with Crippen LogP contribution in [0.25, 0.3) is 5.65 Å². The van der Waals surface area contributed by atoms with Crippen molar-refractivity contribution in [3.63, 3.8) is 0 Å².